The number of nitro groups is 1. The lowest BCUT2D eigenvalue weighted by atomic mass is 9.61. The number of benzene rings is 2. The van der Waals surface area contributed by atoms with Crippen molar-refractivity contribution < 1.29 is 68.3 Å². The summed E-state index contributed by atoms with van der Waals surface area (Å²) < 4.78 is 21.3. The van der Waals surface area contributed by atoms with E-state index in [1.165, 1.54) is 36.4 Å². The SMILES string of the molecule is O=CCC(O)[C@H]1O[C@H](Oc2ccc(COC(=O)Oc3ccc([N+](=O)[O-])cc3)cc2)[C@](O)(CC=O)[C@](O)(CC=O)[C@@]1(O)CC=O. The van der Waals surface area contributed by atoms with Crippen molar-refractivity contribution >= 4 is 37.0 Å². The zero-order valence-electron chi connectivity index (χ0n) is 22.9. The summed E-state index contributed by atoms with van der Waals surface area (Å²) in [4.78, 5) is 67.9. The predicted molar refractivity (Wildman–Crippen MR) is 143 cm³/mol. The van der Waals surface area contributed by atoms with Gasteiger partial charge in [0.2, 0.25) is 6.29 Å². The van der Waals surface area contributed by atoms with Gasteiger partial charge in [-0.25, -0.2) is 4.79 Å². The van der Waals surface area contributed by atoms with Gasteiger partial charge in [0.05, 0.1) is 11.0 Å². The number of aldehydes is 4. The molecular weight excluding hydrogens is 590 g/mol. The number of rotatable bonds is 15. The highest BCUT2D eigenvalue weighted by Gasteiger charge is 2.73. The van der Waals surface area contributed by atoms with Crippen molar-refractivity contribution in [1.29, 1.82) is 0 Å². The first-order valence-corrected chi connectivity index (χ1v) is 13.0. The van der Waals surface area contributed by atoms with E-state index >= 15 is 0 Å². The van der Waals surface area contributed by atoms with Crippen LogP contribution in [-0.4, -0.2) is 92.0 Å². The number of carbonyl (C=O) groups excluding carboxylic acids is 5. The Hall–Kier alpha value is -4.61. The van der Waals surface area contributed by atoms with Crippen LogP contribution in [0, 0.1) is 10.1 Å². The second-order valence-electron chi connectivity index (χ2n) is 9.83. The molecule has 0 aliphatic carbocycles. The number of aliphatic hydroxyl groups is 4. The molecule has 4 N–H and O–H groups in total. The molecule has 16 nitrogen and oxygen atoms in total. The van der Waals surface area contributed by atoms with E-state index in [4.69, 9.17) is 18.9 Å². The molecule has 0 spiro atoms. The van der Waals surface area contributed by atoms with E-state index in [2.05, 4.69) is 0 Å². The van der Waals surface area contributed by atoms with Gasteiger partial charge in [-0.05, 0) is 29.8 Å². The molecular formula is C28H29NO15. The van der Waals surface area contributed by atoms with E-state index < -0.39 is 72.1 Å². The number of carbonyl (C=O) groups is 5. The highest BCUT2D eigenvalue weighted by Crippen LogP contribution is 2.50. The average molecular weight is 620 g/mol. The fourth-order valence-corrected chi connectivity index (χ4v) is 4.89. The molecule has 1 heterocycles. The predicted octanol–water partition coefficient (Wildman–Crippen LogP) is 0.324. The summed E-state index contributed by atoms with van der Waals surface area (Å²) in [6.45, 7) is -0.293. The van der Waals surface area contributed by atoms with Crippen LogP contribution < -0.4 is 9.47 Å². The van der Waals surface area contributed by atoms with Crippen molar-refractivity contribution in [2.45, 2.75) is 67.6 Å². The van der Waals surface area contributed by atoms with E-state index in [0.29, 0.717) is 5.56 Å². The second-order valence-corrected chi connectivity index (χ2v) is 9.83. The Labute approximate surface area is 248 Å². The fourth-order valence-electron chi connectivity index (χ4n) is 4.89. The van der Waals surface area contributed by atoms with E-state index in [1.807, 2.05) is 0 Å². The number of ether oxygens (including phenoxy) is 4. The molecule has 0 amide bonds. The van der Waals surface area contributed by atoms with Crippen LogP contribution >= 0.6 is 0 Å². The first-order chi connectivity index (χ1) is 20.9. The molecule has 2 aromatic carbocycles. The van der Waals surface area contributed by atoms with Crippen molar-refractivity contribution in [3.63, 3.8) is 0 Å². The summed E-state index contributed by atoms with van der Waals surface area (Å²) in [7, 11) is 0. The van der Waals surface area contributed by atoms with Gasteiger partial charge in [0.25, 0.3) is 5.69 Å². The Morgan fingerprint density at radius 2 is 1.45 bits per heavy atom. The molecule has 6 atom stereocenters. The van der Waals surface area contributed by atoms with Gasteiger partial charge >= 0.3 is 6.16 Å². The third kappa shape index (κ3) is 6.79. The van der Waals surface area contributed by atoms with E-state index in [9.17, 15) is 54.5 Å². The zero-order chi connectivity index (χ0) is 32.5. The quantitative estimate of drug-likeness (QED) is 0.0689. The largest absolute Gasteiger partial charge is 0.514 e. The van der Waals surface area contributed by atoms with Gasteiger partial charge in [-0.3, -0.25) is 10.1 Å². The summed E-state index contributed by atoms with van der Waals surface area (Å²) in [5, 5.41) is 55.9. The van der Waals surface area contributed by atoms with Gasteiger partial charge < -0.3 is 58.6 Å². The molecule has 1 aliphatic rings. The lowest BCUT2D eigenvalue weighted by Crippen LogP contribution is -2.82. The lowest BCUT2D eigenvalue weighted by Gasteiger charge is -2.60. The molecule has 1 aliphatic heterocycles. The zero-order valence-corrected chi connectivity index (χ0v) is 22.9. The summed E-state index contributed by atoms with van der Waals surface area (Å²) in [6.07, 6.45) is -9.81. The number of nitro benzene ring substituents is 1. The molecule has 0 aromatic heterocycles. The molecule has 1 unspecified atom stereocenters. The second kappa shape index (κ2) is 14.2. The van der Waals surface area contributed by atoms with E-state index in [1.54, 1.807) is 0 Å². The van der Waals surface area contributed by atoms with Gasteiger partial charge in [-0.2, -0.15) is 0 Å². The van der Waals surface area contributed by atoms with Crippen LogP contribution in [0.25, 0.3) is 0 Å². The van der Waals surface area contributed by atoms with Crippen LogP contribution in [0.3, 0.4) is 0 Å². The Morgan fingerprint density at radius 3 is 2.00 bits per heavy atom. The average Bonchev–Trinajstić information content (AvgIpc) is 2.98. The molecule has 0 bridgehead atoms. The van der Waals surface area contributed by atoms with Crippen LogP contribution in [-0.2, 0) is 35.3 Å². The van der Waals surface area contributed by atoms with Crippen molar-refractivity contribution in [2.75, 3.05) is 0 Å². The van der Waals surface area contributed by atoms with Crippen LogP contribution in [0.4, 0.5) is 10.5 Å². The summed E-state index contributed by atoms with van der Waals surface area (Å²) in [5.74, 6) is -0.0553. The Morgan fingerprint density at radius 1 is 0.886 bits per heavy atom. The third-order valence-corrected chi connectivity index (χ3v) is 7.19. The number of non-ortho nitro benzene ring substituents is 1. The number of aliphatic hydroxyl groups excluding tert-OH is 1. The summed E-state index contributed by atoms with van der Waals surface area (Å²) >= 11 is 0. The molecule has 1 fully saturated rings. The third-order valence-electron chi connectivity index (χ3n) is 7.19. The monoisotopic (exact) mass is 619 g/mol. The Bertz CT molecular complexity index is 1350. The van der Waals surface area contributed by atoms with Gasteiger partial charge in [-0.1, -0.05) is 12.1 Å². The number of hydrogen-bond acceptors (Lipinski definition) is 15. The van der Waals surface area contributed by atoms with E-state index in [-0.39, 0.29) is 48.9 Å². The number of hydrogen-bond donors (Lipinski definition) is 4. The molecule has 3 rings (SSSR count). The smallest absolute Gasteiger partial charge is 0.462 e. The molecule has 16 heteroatoms. The van der Waals surface area contributed by atoms with Crippen molar-refractivity contribution in [3.8, 4) is 11.5 Å². The maximum atomic E-state index is 12.0. The standard InChI is InChI=1S/C28H29NO15/c30-13-9-22(34)23-26(36,10-14-31)28(38,12-16-33)27(37,11-15-32)24(44-23)42-20-5-1-18(2-6-20)17-41-25(35)43-21-7-3-19(4-8-21)29(39)40/h1-8,13-16,22-24,34,36-38H,9-12,17H2/t22?,23-,24+,26-,27-,28+/m1/s1. The maximum Gasteiger partial charge on any atom is 0.514 e. The van der Waals surface area contributed by atoms with Gasteiger partial charge in [0.1, 0.15) is 60.6 Å². The number of nitrogens with zero attached hydrogens (tertiary/aromatic N) is 1. The normalized spacial score (nSPS) is 26.9. The summed E-state index contributed by atoms with van der Waals surface area (Å²) in [5.41, 5.74) is -8.48. The van der Waals surface area contributed by atoms with Crippen molar-refractivity contribution in [3.05, 3.63) is 64.2 Å². The first kappa shape index (κ1) is 33.9. The highest BCUT2D eigenvalue weighted by molar-refractivity contribution is 5.64. The minimum Gasteiger partial charge on any atom is -0.462 e. The Kier molecular flexibility index (Phi) is 11.0. The van der Waals surface area contributed by atoms with Gasteiger partial charge in [0, 0.05) is 37.8 Å². The molecule has 0 saturated carbocycles. The topological polar surface area (TPSA) is 246 Å². The summed E-state index contributed by atoms with van der Waals surface area (Å²) in [6, 6.07) is 10.2. The maximum absolute atomic E-state index is 12.0. The van der Waals surface area contributed by atoms with Crippen LogP contribution in [0.15, 0.2) is 48.5 Å². The Balaban J connectivity index is 1.80. The van der Waals surface area contributed by atoms with Crippen molar-refractivity contribution in [2.24, 2.45) is 0 Å². The highest BCUT2D eigenvalue weighted by atomic mass is 16.7. The van der Waals surface area contributed by atoms with Crippen molar-refractivity contribution in [1.82, 2.24) is 0 Å². The minimum atomic E-state index is -2.99. The molecule has 0 radical (unpaired) electrons. The van der Waals surface area contributed by atoms with Crippen LogP contribution in [0.1, 0.15) is 31.2 Å². The molecule has 44 heavy (non-hydrogen) atoms. The molecule has 2 aromatic rings. The van der Waals surface area contributed by atoms with E-state index in [0.717, 1.165) is 12.1 Å². The molecule has 236 valence electrons. The lowest BCUT2D eigenvalue weighted by molar-refractivity contribution is -0.392. The first-order valence-electron chi connectivity index (χ1n) is 13.0. The minimum absolute atomic E-state index is 0.00536. The molecule has 1 saturated heterocycles. The fraction of sp³-hybridized carbons (Fsp3) is 0.393. The van der Waals surface area contributed by atoms with Gasteiger partial charge in [0.15, 0.2) is 5.60 Å². The van der Waals surface area contributed by atoms with Gasteiger partial charge in [-0.15, -0.1) is 0 Å². The van der Waals surface area contributed by atoms with Crippen LogP contribution in [0.5, 0.6) is 11.5 Å². The van der Waals surface area contributed by atoms with Crippen LogP contribution in [0.2, 0.25) is 0 Å².